The van der Waals surface area contributed by atoms with E-state index >= 15 is 0 Å². The summed E-state index contributed by atoms with van der Waals surface area (Å²) >= 11 is 0. The highest BCUT2D eigenvalue weighted by molar-refractivity contribution is 5.32. The second kappa shape index (κ2) is 5.52. The molecule has 1 fully saturated rings. The molecular weight excluding hydrogens is 212 g/mol. The Morgan fingerprint density at radius 3 is 2.59 bits per heavy atom. The molecule has 1 heterocycles. The van der Waals surface area contributed by atoms with E-state index in [0.29, 0.717) is 6.04 Å². The van der Waals surface area contributed by atoms with Gasteiger partial charge in [0.15, 0.2) is 0 Å². The zero-order valence-corrected chi connectivity index (χ0v) is 10.8. The number of nitrogens with two attached hydrogens (primary N) is 1. The second-order valence-electron chi connectivity index (χ2n) is 5.02. The van der Waals surface area contributed by atoms with Gasteiger partial charge in [-0.05, 0) is 50.1 Å². The van der Waals surface area contributed by atoms with Gasteiger partial charge in [-0.2, -0.15) is 0 Å². The van der Waals surface area contributed by atoms with Crippen LogP contribution in [0, 0.1) is 13.8 Å². The Kier molecular flexibility index (Phi) is 4.02. The molecule has 94 valence electrons. The summed E-state index contributed by atoms with van der Waals surface area (Å²) in [7, 11) is 0. The van der Waals surface area contributed by atoms with Gasteiger partial charge in [0.1, 0.15) is 12.4 Å². The molecule has 1 aliphatic heterocycles. The van der Waals surface area contributed by atoms with Crippen molar-refractivity contribution in [3.63, 3.8) is 0 Å². The summed E-state index contributed by atoms with van der Waals surface area (Å²) in [5.74, 6) is 0.978. The molecule has 2 rings (SSSR count). The van der Waals surface area contributed by atoms with Crippen LogP contribution in [0.4, 0.5) is 0 Å². The molecule has 3 heteroatoms. The fraction of sp³-hybridized carbons (Fsp3) is 0.571. The van der Waals surface area contributed by atoms with Crippen LogP contribution in [0.3, 0.4) is 0 Å². The van der Waals surface area contributed by atoms with Crippen LogP contribution in [0.1, 0.15) is 17.5 Å². The molecule has 2 N–H and O–H groups in total. The topological polar surface area (TPSA) is 38.5 Å². The first-order valence-corrected chi connectivity index (χ1v) is 6.32. The third kappa shape index (κ3) is 3.72. The van der Waals surface area contributed by atoms with Crippen LogP contribution in [0.25, 0.3) is 0 Å². The standard InChI is InChI=1S/C14H22N2O/c1-11-7-12(2)9-14(8-11)17-6-5-16-4-3-13(15)10-16/h7-9,13H,3-6,10,15H2,1-2H3/t13-/m0/s1. The maximum atomic E-state index is 5.87. The van der Waals surface area contributed by atoms with Gasteiger partial charge in [0.05, 0.1) is 0 Å². The number of likely N-dealkylation sites (tertiary alicyclic amines) is 1. The highest BCUT2D eigenvalue weighted by Crippen LogP contribution is 2.16. The van der Waals surface area contributed by atoms with Crippen LogP contribution in [-0.4, -0.2) is 37.2 Å². The molecule has 1 aromatic carbocycles. The molecule has 1 aliphatic rings. The number of aryl methyl sites for hydroxylation is 2. The van der Waals surface area contributed by atoms with Crippen molar-refractivity contribution in [2.75, 3.05) is 26.2 Å². The number of hydrogen-bond acceptors (Lipinski definition) is 3. The van der Waals surface area contributed by atoms with Crippen molar-refractivity contribution in [1.82, 2.24) is 4.90 Å². The van der Waals surface area contributed by atoms with E-state index in [-0.39, 0.29) is 0 Å². The lowest BCUT2D eigenvalue weighted by molar-refractivity contribution is 0.236. The van der Waals surface area contributed by atoms with E-state index in [1.807, 2.05) is 0 Å². The van der Waals surface area contributed by atoms with Gasteiger partial charge in [0.2, 0.25) is 0 Å². The normalized spacial score (nSPS) is 20.8. The predicted molar refractivity (Wildman–Crippen MR) is 70.4 cm³/mol. The SMILES string of the molecule is Cc1cc(C)cc(OCCN2CC[C@H](N)C2)c1. The zero-order valence-electron chi connectivity index (χ0n) is 10.8. The van der Waals surface area contributed by atoms with Crippen molar-refractivity contribution in [2.24, 2.45) is 5.73 Å². The maximum Gasteiger partial charge on any atom is 0.119 e. The molecule has 0 bridgehead atoms. The summed E-state index contributed by atoms with van der Waals surface area (Å²) in [5, 5.41) is 0. The molecule has 0 saturated carbocycles. The smallest absolute Gasteiger partial charge is 0.119 e. The van der Waals surface area contributed by atoms with Crippen LogP contribution >= 0.6 is 0 Å². The van der Waals surface area contributed by atoms with Crippen molar-refractivity contribution in [1.29, 1.82) is 0 Å². The molecule has 0 aromatic heterocycles. The van der Waals surface area contributed by atoms with Gasteiger partial charge in [0, 0.05) is 19.1 Å². The Morgan fingerprint density at radius 1 is 1.29 bits per heavy atom. The Labute approximate surface area is 104 Å². The summed E-state index contributed by atoms with van der Waals surface area (Å²) < 4.78 is 5.78. The van der Waals surface area contributed by atoms with Crippen LogP contribution in [-0.2, 0) is 0 Å². The number of rotatable bonds is 4. The number of hydrogen-bond donors (Lipinski definition) is 1. The molecule has 0 unspecified atom stereocenters. The van der Waals surface area contributed by atoms with Crippen LogP contribution in [0.2, 0.25) is 0 Å². The third-order valence-electron chi connectivity index (χ3n) is 3.18. The fourth-order valence-electron chi connectivity index (χ4n) is 2.37. The maximum absolute atomic E-state index is 5.87. The lowest BCUT2D eigenvalue weighted by Gasteiger charge is -2.15. The molecule has 1 aromatic rings. The molecule has 3 nitrogen and oxygen atoms in total. The van der Waals surface area contributed by atoms with Gasteiger partial charge in [0.25, 0.3) is 0 Å². The van der Waals surface area contributed by atoms with Crippen LogP contribution in [0.5, 0.6) is 5.75 Å². The van der Waals surface area contributed by atoms with Crippen LogP contribution in [0.15, 0.2) is 18.2 Å². The molecule has 0 aliphatic carbocycles. The van der Waals surface area contributed by atoms with Crippen LogP contribution < -0.4 is 10.5 Å². The Morgan fingerprint density at radius 2 is 2.00 bits per heavy atom. The van der Waals surface area contributed by atoms with E-state index < -0.39 is 0 Å². The van der Waals surface area contributed by atoms with Crippen molar-refractivity contribution < 1.29 is 4.74 Å². The molecular formula is C14H22N2O. The molecule has 1 atom stereocenters. The third-order valence-corrected chi connectivity index (χ3v) is 3.18. The van der Waals surface area contributed by atoms with E-state index in [9.17, 15) is 0 Å². The summed E-state index contributed by atoms with van der Waals surface area (Å²) in [6.45, 7) is 8.03. The van der Waals surface area contributed by atoms with Gasteiger partial charge in [-0.25, -0.2) is 0 Å². The van der Waals surface area contributed by atoms with E-state index in [1.54, 1.807) is 0 Å². The minimum Gasteiger partial charge on any atom is -0.492 e. The molecule has 0 spiro atoms. The van der Waals surface area contributed by atoms with Crippen molar-refractivity contribution >= 4 is 0 Å². The first-order chi connectivity index (χ1) is 8.13. The quantitative estimate of drug-likeness (QED) is 0.862. The van der Waals surface area contributed by atoms with E-state index in [0.717, 1.165) is 38.4 Å². The minimum atomic E-state index is 0.358. The largest absolute Gasteiger partial charge is 0.492 e. The summed E-state index contributed by atoms with van der Waals surface area (Å²) in [4.78, 5) is 2.37. The first kappa shape index (κ1) is 12.4. The Balaban J connectivity index is 1.78. The number of nitrogens with zero attached hydrogens (tertiary/aromatic N) is 1. The second-order valence-corrected chi connectivity index (χ2v) is 5.02. The lowest BCUT2D eigenvalue weighted by Crippen LogP contribution is -2.29. The van der Waals surface area contributed by atoms with Crippen molar-refractivity contribution in [3.8, 4) is 5.75 Å². The summed E-state index contributed by atoms with van der Waals surface area (Å²) in [6.07, 6.45) is 1.11. The zero-order chi connectivity index (χ0) is 12.3. The van der Waals surface area contributed by atoms with Crippen molar-refractivity contribution in [3.05, 3.63) is 29.3 Å². The fourth-order valence-corrected chi connectivity index (χ4v) is 2.37. The highest BCUT2D eigenvalue weighted by atomic mass is 16.5. The first-order valence-electron chi connectivity index (χ1n) is 6.32. The average molecular weight is 234 g/mol. The van der Waals surface area contributed by atoms with Crippen molar-refractivity contribution in [2.45, 2.75) is 26.3 Å². The predicted octanol–water partition coefficient (Wildman–Crippen LogP) is 1.72. The van der Waals surface area contributed by atoms with Gasteiger partial charge in [-0.1, -0.05) is 6.07 Å². The number of ether oxygens (including phenoxy) is 1. The van der Waals surface area contributed by atoms with Gasteiger partial charge < -0.3 is 10.5 Å². The Bertz CT molecular complexity index is 358. The molecule has 0 radical (unpaired) electrons. The highest BCUT2D eigenvalue weighted by Gasteiger charge is 2.18. The van der Waals surface area contributed by atoms with Gasteiger partial charge in [-0.15, -0.1) is 0 Å². The summed E-state index contributed by atoms with van der Waals surface area (Å²) in [5.41, 5.74) is 8.37. The van der Waals surface area contributed by atoms with E-state index in [1.165, 1.54) is 11.1 Å². The van der Waals surface area contributed by atoms with Gasteiger partial charge >= 0.3 is 0 Å². The van der Waals surface area contributed by atoms with Gasteiger partial charge in [-0.3, -0.25) is 4.90 Å². The average Bonchev–Trinajstić information content (AvgIpc) is 2.63. The Hall–Kier alpha value is -1.06. The lowest BCUT2D eigenvalue weighted by atomic mass is 10.1. The molecule has 1 saturated heterocycles. The number of benzene rings is 1. The summed E-state index contributed by atoms with van der Waals surface area (Å²) in [6, 6.07) is 6.69. The minimum absolute atomic E-state index is 0.358. The molecule has 0 amide bonds. The molecule has 17 heavy (non-hydrogen) atoms. The van der Waals surface area contributed by atoms with E-state index in [2.05, 4.69) is 36.9 Å². The monoisotopic (exact) mass is 234 g/mol. The van der Waals surface area contributed by atoms with E-state index in [4.69, 9.17) is 10.5 Å².